The summed E-state index contributed by atoms with van der Waals surface area (Å²) >= 11 is 5.82. The first-order valence-electron chi connectivity index (χ1n) is 8.42. The van der Waals surface area contributed by atoms with E-state index < -0.39 is 17.4 Å². The highest BCUT2D eigenvalue weighted by molar-refractivity contribution is 6.35. The number of methoxy groups -OCH3 is 1. The number of nitrogens with one attached hydrogen (secondary N) is 2. The zero-order chi connectivity index (χ0) is 19.0. The number of ether oxygens (including phenoxy) is 1. The molecule has 2 rings (SSSR count). The minimum absolute atomic E-state index is 0.206. The zero-order valence-electron chi connectivity index (χ0n) is 14.9. The van der Waals surface area contributed by atoms with Crippen LogP contribution >= 0.6 is 11.6 Å². The highest BCUT2D eigenvalue weighted by atomic mass is 35.5. The maximum Gasteiger partial charge on any atom is 0.309 e. The van der Waals surface area contributed by atoms with Gasteiger partial charge < -0.3 is 15.4 Å². The first-order chi connectivity index (χ1) is 12.5. The lowest BCUT2D eigenvalue weighted by Gasteiger charge is -2.32. The Hall–Kier alpha value is -2.37. The van der Waals surface area contributed by atoms with Crippen molar-refractivity contribution >= 4 is 23.4 Å². The first kappa shape index (κ1) is 19.9. The van der Waals surface area contributed by atoms with Crippen molar-refractivity contribution in [1.29, 1.82) is 0 Å². The standard InChI is InChI=1S/C20H23ClN2O3/c1-3-20(26-2,16-7-5-4-6-8-16)14-23-19(25)18(24)22-13-15-9-11-17(21)12-10-15/h4-12H,3,13-14H2,1-2H3,(H,22,24)(H,23,25). The van der Waals surface area contributed by atoms with Crippen molar-refractivity contribution in [2.24, 2.45) is 0 Å². The van der Waals surface area contributed by atoms with Gasteiger partial charge in [0, 0.05) is 18.7 Å². The SMILES string of the molecule is CCC(CNC(=O)C(=O)NCc1ccc(Cl)cc1)(OC)c1ccccc1. The fourth-order valence-corrected chi connectivity index (χ4v) is 2.80. The Morgan fingerprint density at radius 3 is 2.19 bits per heavy atom. The molecule has 5 nitrogen and oxygen atoms in total. The van der Waals surface area contributed by atoms with E-state index in [0.717, 1.165) is 11.1 Å². The molecule has 2 aromatic carbocycles. The molecule has 0 aliphatic carbocycles. The monoisotopic (exact) mass is 374 g/mol. The summed E-state index contributed by atoms with van der Waals surface area (Å²) in [6, 6.07) is 16.7. The van der Waals surface area contributed by atoms with Gasteiger partial charge in [0.2, 0.25) is 0 Å². The van der Waals surface area contributed by atoms with Gasteiger partial charge in [-0.15, -0.1) is 0 Å². The number of rotatable bonds is 7. The van der Waals surface area contributed by atoms with Gasteiger partial charge in [-0.2, -0.15) is 0 Å². The fraction of sp³-hybridized carbons (Fsp3) is 0.300. The Morgan fingerprint density at radius 1 is 1.00 bits per heavy atom. The van der Waals surface area contributed by atoms with Crippen LogP contribution in [0.4, 0.5) is 0 Å². The van der Waals surface area contributed by atoms with Crippen molar-refractivity contribution in [3.05, 3.63) is 70.7 Å². The summed E-state index contributed by atoms with van der Waals surface area (Å²) in [5.74, 6) is -1.38. The molecule has 0 radical (unpaired) electrons. The number of hydrogen-bond acceptors (Lipinski definition) is 3. The number of halogens is 1. The van der Waals surface area contributed by atoms with Crippen LogP contribution in [0.3, 0.4) is 0 Å². The predicted octanol–water partition coefficient (Wildman–Crippen LogP) is 3.02. The second kappa shape index (κ2) is 9.36. The molecule has 0 heterocycles. The van der Waals surface area contributed by atoms with E-state index in [0.29, 0.717) is 11.4 Å². The zero-order valence-corrected chi connectivity index (χ0v) is 15.7. The quantitative estimate of drug-likeness (QED) is 0.732. The molecular weight excluding hydrogens is 352 g/mol. The lowest BCUT2D eigenvalue weighted by Crippen LogP contribution is -2.46. The summed E-state index contributed by atoms with van der Waals surface area (Å²) < 4.78 is 5.68. The van der Waals surface area contributed by atoms with Crippen LogP contribution in [0.5, 0.6) is 0 Å². The molecule has 0 spiro atoms. The molecule has 2 aromatic rings. The van der Waals surface area contributed by atoms with Crippen LogP contribution in [0.1, 0.15) is 24.5 Å². The van der Waals surface area contributed by atoms with E-state index in [1.54, 1.807) is 31.4 Å². The molecule has 2 amide bonds. The Balaban J connectivity index is 1.93. The molecule has 2 N–H and O–H groups in total. The van der Waals surface area contributed by atoms with E-state index in [2.05, 4.69) is 10.6 Å². The van der Waals surface area contributed by atoms with E-state index >= 15 is 0 Å². The van der Waals surface area contributed by atoms with Crippen molar-refractivity contribution in [2.75, 3.05) is 13.7 Å². The molecule has 0 aromatic heterocycles. The molecule has 0 saturated carbocycles. The van der Waals surface area contributed by atoms with Crippen LogP contribution in [-0.2, 0) is 26.5 Å². The second-order valence-electron chi connectivity index (χ2n) is 5.91. The molecule has 1 unspecified atom stereocenters. The maximum atomic E-state index is 12.1. The number of carbonyl (C=O) groups is 2. The number of benzene rings is 2. The minimum atomic E-state index is -0.690. The Kier molecular flexibility index (Phi) is 7.18. The molecular formula is C20H23ClN2O3. The molecule has 138 valence electrons. The van der Waals surface area contributed by atoms with Crippen molar-refractivity contribution in [3.63, 3.8) is 0 Å². The summed E-state index contributed by atoms with van der Waals surface area (Å²) in [4.78, 5) is 24.2. The molecule has 1 atom stereocenters. The summed E-state index contributed by atoms with van der Waals surface area (Å²) in [7, 11) is 1.60. The third kappa shape index (κ3) is 5.07. The first-order valence-corrected chi connectivity index (χ1v) is 8.79. The molecule has 0 aliphatic heterocycles. The van der Waals surface area contributed by atoms with Gasteiger partial charge >= 0.3 is 11.8 Å². The maximum absolute atomic E-state index is 12.1. The second-order valence-corrected chi connectivity index (χ2v) is 6.35. The topological polar surface area (TPSA) is 67.4 Å². The van der Waals surface area contributed by atoms with Gasteiger partial charge in [-0.05, 0) is 29.7 Å². The summed E-state index contributed by atoms with van der Waals surface area (Å²) in [5, 5.41) is 5.89. The van der Waals surface area contributed by atoms with Crippen molar-refractivity contribution in [1.82, 2.24) is 10.6 Å². The van der Waals surface area contributed by atoms with Crippen LogP contribution in [0.25, 0.3) is 0 Å². The minimum Gasteiger partial charge on any atom is -0.372 e. The van der Waals surface area contributed by atoms with Gasteiger partial charge in [0.05, 0.1) is 6.54 Å². The molecule has 0 saturated heterocycles. The number of hydrogen-bond donors (Lipinski definition) is 2. The van der Waals surface area contributed by atoms with Gasteiger partial charge in [0.1, 0.15) is 5.60 Å². The van der Waals surface area contributed by atoms with Crippen molar-refractivity contribution in [2.45, 2.75) is 25.5 Å². The van der Waals surface area contributed by atoms with Gasteiger partial charge in [0.25, 0.3) is 0 Å². The lowest BCUT2D eigenvalue weighted by molar-refractivity contribution is -0.140. The smallest absolute Gasteiger partial charge is 0.309 e. The number of carbonyl (C=O) groups excluding carboxylic acids is 2. The number of amides is 2. The van der Waals surface area contributed by atoms with E-state index in [1.807, 2.05) is 37.3 Å². The van der Waals surface area contributed by atoms with E-state index in [4.69, 9.17) is 16.3 Å². The largest absolute Gasteiger partial charge is 0.372 e. The molecule has 0 fully saturated rings. The van der Waals surface area contributed by atoms with Crippen LogP contribution in [0.15, 0.2) is 54.6 Å². The average molecular weight is 375 g/mol. The Morgan fingerprint density at radius 2 is 1.62 bits per heavy atom. The van der Waals surface area contributed by atoms with Crippen LogP contribution in [-0.4, -0.2) is 25.5 Å². The van der Waals surface area contributed by atoms with Crippen molar-refractivity contribution < 1.29 is 14.3 Å². The van der Waals surface area contributed by atoms with Crippen LogP contribution in [0.2, 0.25) is 5.02 Å². The van der Waals surface area contributed by atoms with Gasteiger partial charge in [-0.25, -0.2) is 0 Å². The fourth-order valence-electron chi connectivity index (χ4n) is 2.68. The average Bonchev–Trinajstić information content (AvgIpc) is 2.69. The molecule has 0 bridgehead atoms. The highest BCUT2D eigenvalue weighted by Crippen LogP contribution is 2.27. The van der Waals surface area contributed by atoms with Crippen molar-refractivity contribution in [3.8, 4) is 0 Å². The van der Waals surface area contributed by atoms with Gasteiger partial charge in [-0.1, -0.05) is 61.0 Å². The third-order valence-corrected chi connectivity index (χ3v) is 4.62. The summed E-state index contributed by atoms with van der Waals surface area (Å²) in [5.41, 5.74) is 1.14. The van der Waals surface area contributed by atoms with Crippen LogP contribution in [0, 0.1) is 0 Å². The molecule has 0 aliphatic rings. The van der Waals surface area contributed by atoms with E-state index in [9.17, 15) is 9.59 Å². The Labute approximate surface area is 158 Å². The lowest BCUT2D eigenvalue weighted by atomic mass is 9.90. The van der Waals surface area contributed by atoms with Gasteiger partial charge in [0.15, 0.2) is 0 Å². The van der Waals surface area contributed by atoms with E-state index in [-0.39, 0.29) is 13.1 Å². The summed E-state index contributed by atoms with van der Waals surface area (Å²) in [6.07, 6.45) is 0.653. The van der Waals surface area contributed by atoms with Crippen LogP contribution < -0.4 is 10.6 Å². The Bertz CT molecular complexity index is 728. The molecule has 26 heavy (non-hydrogen) atoms. The third-order valence-electron chi connectivity index (χ3n) is 4.37. The highest BCUT2D eigenvalue weighted by Gasteiger charge is 2.31. The molecule has 6 heteroatoms. The van der Waals surface area contributed by atoms with E-state index in [1.165, 1.54) is 0 Å². The predicted molar refractivity (Wildman–Crippen MR) is 102 cm³/mol. The normalized spacial score (nSPS) is 12.9. The van der Waals surface area contributed by atoms with Gasteiger partial charge in [-0.3, -0.25) is 9.59 Å². The summed E-state index contributed by atoms with van der Waals surface area (Å²) in [6.45, 7) is 2.44.